The monoisotopic (exact) mass is 317 g/mol. The van der Waals surface area contributed by atoms with Crippen molar-refractivity contribution in [1.82, 2.24) is 4.98 Å². The van der Waals surface area contributed by atoms with Crippen LogP contribution in [0.2, 0.25) is 0 Å². The summed E-state index contributed by atoms with van der Waals surface area (Å²) in [6.07, 6.45) is 0. The fraction of sp³-hybridized carbons (Fsp3) is 0.100. The lowest BCUT2D eigenvalue weighted by Gasteiger charge is -2.11. The van der Waals surface area contributed by atoms with Gasteiger partial charge in [0.1, 0.15) is 11.6 Å². The highest BCUT2D eigenvalue weighted by Crippen LogP contribution is 2.28. The molecule has 1 aromatic heterocycles. The number of carbonyl (C=O) groups excluding carboxylic acids is 1. The van der Waals surface area contributed by atoms with E-state index in [0.717, 1.165) is 22.3 Å². The molecular formula is C20H19N3O. The number of nitrogen functional groups attached to an aromatic ring is 1. The Morgan fingerprint density at radius 1 is 0.917 bits per heavy atom. The predicted octanol–water partition coefficient (Wildman–Crippen LogP) is 4.20. The van der Waals surface area contributed by atoms with Gasteiger partial charge in [-0.2, -0.15) is 0 Å². The van der Waals surface area contributed by atoms with Crippen molar-refractivity contribution in [1.29, 1.82) is 0 Å². The van der Waals surface area contributed by atoms with E-state index in [0.29, 0.717) is 17.2 Å². The van der Waals surface area contributed by atoms with Gasteiger partial charge in [-0.3, -0.25) is 4.79 Å². The Bertz CT molecular complexity index is 886. The molecule has 4 heteroatoms. The molecule has 120 valence electrons. The molecule has 0 bridgehead atoms. The Labute approximate surface area is 141 Å². The third kappa shape index (κ3) is 3.27. The summed E-state index contributed by atoms with van der Waals surface area (Å²) in [6.45, 7) is 4.01. The van der Waals surface area contributed by atoms with Crippen LogP contribution in [0.3, 0.4) is 0 Å². The molecular weight excluding hydrogens is 298 g/mol. The zero-order chi connectivity index (χ0) is 17.1. The third-order valence-electron chi connectivity index (χ3n) is 3.92. The molecule has 0 radical (unpaired) electrons. The minimum Gasteiger partial charge on any atom is -0.383 e. The van der Waals surface area contributed by atoms with Gasteiger partial charge in [-0.25, -0.2) is 4.98 Å². The maximum Gasteiger partial charge on any atom is 0.256 e. The van der Waals surface area contributed by atoms with Crippen LogP contribution in [0.1, 0.15) is 21.5 Å². The standard InChI is InChI=1S/C20H19N3O/c1-13-7-9-15(10-8-13)20(24)23-18-12-11-17(19(21)22-18)16-6-4-3-5-14(16)2/h3-12H,1-2H3,(H3,21,22,23,24). The van der Waals surface area contributed by atoms with Crippen LogP contribution in [0.15, 0.2) is 60.7 Å². The van der Waals surface area contributed by atoms with Crippen LogP contribution in [-0.4, -0.2) is 10.9 Å². The topological polar surface area (TPSA) is 68.0 Å². The number of amides is 1. The van der Waals surface area contributed by atoms with Crippen LogP contribution in [0.4, 0.5) is 11.6 Å². The largest absolute Gasteiger partial charge is 0.383 e. The first-order chi connectivity index (χ1) is 11.5. The fourth-order valence-corrected chi connectivity index (χ4v) is 2.54. The van der Waals surface area contributed by atoms with E-state index in [2.05, 4.69) is 10.3 Å². The van der Waals surface area contributed by atoms with Crippen molar-refractivity contribution in [2.24, 2.45) is 0 Å². The first-order valence-electron chi connectivity index (χ1n) is 7.75. The molecule has 0 aliphatic carbocycles. The number of aryl methyl sites for hydroxylation is 2. The molecule has 24 heavy (non-hydrogen) atoms. The second-order valence-corrected chi connectivity index (χ2v) is 5.76. The maximum absolute atomic E-state index is 12.3. The number of nitrogens with one attached hydrogen (secondary N) is 1. The molecule has 0 aliphatic heterocycles. The van der Waals surface area contributed by atoms with Gasteiger partial charge in [-0.15, -0.1) is 0 Å². The Balaban J connectivity index is 1.84. The van der Waals surface area contributed by atoms with Gasteiger partial charge in [-0.1, -0.05) is 42.0 Å². The SMILES string of the molecule is Cc1ccc(C(=O)Nc2ccc(-c3ccccc3C)c(N)n2)cc1. The average molecular weight is 317 g/mol. The Hall–Kier alpha value is -3.14. The summed E-state index contributed by atoms with van der Waals surface area (Å²) in [4.78, 5) is 16.6. The number of nitrogens with zero attached hydrogens (tertiary/aromatic N) is 1. The second-order valence-electron chi connectivity index (χ2n) is 5.76. The van der Waals surface area contributed by atoms with Crippen LogP contribution in [-0.2, 0) is 0 Å². The van der Waals surface area contributed by atoms with E-state index < -0.39 is 0 Å². The molecule has 0 saturated carbocycles. The first-order valence-corrected chi connectivity index (χ1v) is 7.75. The van der Waals surface area contributed by atoms with Gasteiger partial charge in [0.2, 0.25) is 0 Å². The molecule has 0 saturated heterocycles. The van der Waals surface area contributed by atoms with E-state index in [1.54, 1.807) is 18.2 Å². The normalized spacial score (nSPS) is 10.4. The molecule has 3 N–H and O–H groups in total. The summed E-state index contributed by atoms with van der Waals surface area (Å²) >= 11 is 0. The summed E-state index contributed by atoms with van der Waals surface area (Å²) in [5.74, 6) is 0.631. The molecule has 0 spiro atoms. The second kappa shape index (κ2) is 6.54. The van der Waals surface area contributed by atoms with Crippen LogP contribution in [0.5, 0.6) is 0 Å². The van der Waals surface area contributed by atoms with Crippen LogP contribution in [0, 0.1) is 13.8 Å². The number of aromatic nitrogens is 1. The number of rotatable bonds is 3. The summed E-state index contributed by atoms with van der Waals surface area (Å²) < 4.78 is 0. The van der Waals surface area contributed by atoms with Gasteiger partial charge in [0.05, 0.1) is 0 Å². The number of carbonyl (C=O) groups is 1. The first kappa shape index (κ1) is 15.7. The lowest BCUT2D eigenvalue weighted by molar-refractivity contribution is 0.102. The van der Waals surface area contributed by atoms with E-state index in [9.17, 15) is 4.79 Å². The van der Waals surface area contributed by atoms with E-state index in [4.69, 9.17) is 5.73 Å². The fourth-order valence-electron chi connectivity index (χ4n) is 2.54. The van der Waals surface area contributed by atoms with Gasteiger partial charge >= 0.3 is 0 Å². The molecule has 2 aromatic carbocycles. The van der Waals surface area contributed by atoms with Crippen molar-refractivity contribution in [2.75, 3.05) is 11.1 Å². The minimum atomic E-state index is -0.203. The highest BCUT2D eigenvalue weighted by molar-refractivity contribution is 6.04. The smallest absolute Gasteiger partial charge is 0.256 e. The molecule has 3 rings (SSSR count). The average Bonchev–Trinajstić information content (AvgIpc) is 2.56. The number of anilines is 2. The molecule has 0 fully saturated rings. The zero-order valence-corrected chi connectivity index (χ0v) is 13.7. The van der Waals surface area contributed by atoms with Gasteiger partial charge < -0.3 is 11.1 Å². The summed E-state index contributed by atoms with van der Waals surface area (Å²) in [6, 6.07) is 19.0. The molecule has 0 atom stereocenters. The van der Waals surface area contributed by atoms with E-state index in [1.807, 2.05) is 56.3 Å². The van der Waals surface area contributed by atoms with Crippen LogP contribution >= 0.6 is 0 Å². The zero-order valence-electron chi connectivity index (χ0n) is 13.7. The molecule has 4 nitrogen and oxygen atoms in total. The van der Waals surface area contributed by atoms with Crippen molar-refractivity contribution < 1.29 is 4.79 Å². The maximum atomic E-state index is 12.3. The summed E-state index contributed by atoms with van der Waals surface area (Å²) in [5, 5.41) is 2.78. The Morgan fingerprint density at radius 3 is 2.29 bits per heavy atom. The molecule has 0 unspecified atom stereocenters. The number of benzene rings is 2. The molecule has 0 aliphatic rings. The molecule has 1 amide bonds. The van der Waals surface area contributed by atoms with Crippen molar-refractivity contribution in [3.8, 4) is 11.1 Å². The van der Waals surface area contributed by atoms with Crippen molar-refractivity contribution >= 4 is 17.5 Å². The number of pyridine rings is 1. The van der Waals surface area contributed by atoms with Crippen LogP contribution < -0.4 is 11.1 Å². The van der Waals surface area contributed by atoms with Gasteiger partial charge in [0, 0.05) is 11.1 Å². The highest BCUT2D eigenvalue weighted by atomic mass is 16.1. The summed E-state index contributed by atoms with van der Waals surface area (Å²) in [5.41, 5.74) is 10.8. The Kier molecular flexibility index (Phi) is 4.29. The van der Waals surface area contributed by atoms with Gasteiger partial charge in [0.25, 0.3) is 5.91 Å². The lowest BCUT2D eigenvalue weighted by atomic mass is 10.0. The van der Waals surface area contributed by atoms with Crippen molar-refractivity contribution in [3.05, 3.63) is 77.4 Å². The molecule has 1 heterocycles. The highest BCUT2D eigenvalue weighted by Gasteiger charge is 2.10. The number of hydrogen-bond donors (Lipinski definition) is 2. The Morgan fingerprint density at radius 2 is 1.62 bits per heavy atom. The molecule has 3 aromatic rings. The van der Waals surface area contributed by atoms with Gasteiger partial charge in [-0.05, 0) is 49.2 Å². The van der Waals surface area contributed by atoms with E-state index in [1.165, 1.54) is 0 Å². The minimum absolute atomic E-state index is 0.203. The van der Waals surface area contributed by atoms with Crippen LogP contribution in [0.25, 0.3) is 11.1 Å². The number of nitrogens with two attached hydrogens (primary N) is 1. The number of hydrogen-bond acceptors (Lipinski definition) is 3. The van der Waals surface area contributed by atoms with E-state index in [-0.39, 0.29) is 5.91 Å². The van der Waals surface area contributed by atoms with Crippen molar-refractivity contribution in [2.45, 2.75) is 13.8 Å². The van der Waals surface area contributed by atoms with Crippen molar-refractivity contribution in [3.63, 3.8) is 0 Å². The van der Waals surface area contributed by atoms with Gasteiger partial charge in [0.15, 0.2) is 0 Å². The quantitative estimate of drug-likeness (QED) is 0.760. The third-order valence-corrected chi connectivity index (χ3v) is 3.92. The summed E-state index contributed by atoms with van der Waals surface area (Å²) in [7, 11) is 0. The predicted molar refractivity (Wildman–Crippen MR) is 98.0 cm³/mol. The van der Waals surface area contributed by atoms with E-state index >= 15 is 0 Å². The lowest BCUT2D eigenvalue weighted by Crippen LogP contribution is -2.13.